The van der Waals surface area contributed by atoms with Crippen molar-refractivity contribution in [3.05, 3.63) is 34.5 Å². The zero-order valence-corrected chi connectivity index (χ0v) is 8.40. The Labute approximate surface area is 86.8 Å². The van der Waals surface area contributed by atoms with Gasteiger partial charge in [0.15, 0.2) is 0 Å². The van der Waals surface area contributed by atoms with Gasteiger partial charge in [-0.2, -0.15) is 0 Å². The van der Waals surface area contributed by atoms with Crippen molar-refractivity contribution < 1.29 is 4.74 Å². The second-order valence-corrected chi connectivity index (χ2v) is 3.95. The molecule has 2 heterocycles. The summed E-state index contributed by atoms with van der Waals surface area (Å²) >= 11 is 6.10. The van der Waals surface area contributed by atoms with E-state index in [0.717, 1.165) is 23.6 Å². The fourth-order valence-corrected chi connectivity index (χ4v) is 2.24. The second-order valence-electron chi connectivity index (χ2n) is 3.55. The van der Waals surface area contributed by atoms with Gasteiger partial charge in [-0.1, -0.05) is 23.7 Å². The summed E-state index contributed by atoms with van der Waals surface area (Å²) in [5.74, 6) is 0. The molecular weight excluding hydrogens is 198 g/mol. The highest BCUT2D eigenvalue weighted by atomic mass is 35.5. The van der Waals surface area contributed by atoms with Crippen LogP contribution in [0.3, 0.4) is 0 Å². The van der Waals surface area contributed by atoms with E-state index in [1.54, 1.807) is 0 Å². The number of para-hydroxylation sites is 1. The smallest absolute Gasteiger partial charge is 0.0740 e. The minimum Gasteiger partial charge on any atom is -0.376 e. The molecule has 3 rings (SSSR count). The predicted octanol–water partition coefficient (Wildman–Crippen LogP) is 2.89. The average molecular weight is 208 g/mol. The summed E-state index contributed by atoms with van der Waals surface area (Å²) in [6, 6.07) is 5.98. The topological polar surface area (TPSA) is 25.0 Å². The molecule has 1 aliphatic rings. The Hall–Kier alpha value is -0.990. The minimum absolute atomic E-state index is 0.704. The lowest BCUT2D eigenvalue weighted by Crippen LogP contribution is -2.08. The van der Waals surface area contributed by atoms with E-state index in [0.29, 0.717) is 6.61 Å². The molecule has 1 aliphatic heterocycles. The molecule has 0 fully saturated rings. The number of ether oxygens (including phenoxy) is 1. The summed E-state index contributed by atoms with van der Waals surface area (Å²) in [6.45, 7) is 1.51. The molecular formula is C11H10ClNO. The van der Waals surface area contributed by atoms with Crippen LogP contribution in [0.1, 0.15) is 11.3 Å². The number of benzene rings is 1. The molecule has 0 saturated carbocycles. The van der Waals surface area contributed by atoms with E-state index in [9.17, 15) is 0 Å². The van der Waals surface area contributed by atoms with Crippen molar-refractivity contribution >= 4 is 22.5 Å². The van der Waals surface area contributed by atoms with Gasteiger partial charge in [0.2, 0.25) is 0 Å². The van der Waals surface area contributed by atoms with Gasteiger partial charge in [-0.15, -0.1) is 0 Å². The number of halogens is 1. The maximum atomic E-state index is 6.10. The van der Waals surface area contributed by atoms with Gasteiger partial charge in [-0.25, -0.2) is 0 Å². The number of fused-ring (bicyclic) bond motifs is 3. The SMILES string of the molecule is Clc1cccc2c3c([nH]c12)CCOC3. The van der Waals surface area contributed by atoms with Crippen LogP contribution in [0.2, 0.25) is 5.02 Å². The first-order chi connectivity index (χ1) is 6.86. The maximum absolute atomic E-state index is 6.10. The quantitative estimate of drug-likeness (QED) is 0.706. The average Bonchev–Trinajstić information content (AvgIpc) is 2.59. The van der Waals surface area contributed by atoms with E-state index in [2.05, 4.69) is 11.1 Å². The van der Waals surface area contributed by atoms with Crippen LogP contribution in [0.25, 0.3) is 10.9 Å². The van der Waals surface area contributed by atoms with Crippen LogP contribution in [-0.2, 0) is 17.8 Å². The number of hydrogen-bond acceptors (Lipinski definition) is 1. The number of nitrogens with one attached hydrogen (secondary N) is 1. The highest BCUT2D eigenvalue weighted by Crippen LogP contribution is 2.30. The summed E-state index contributed by atoms with van der Waals surface area (Å²) < 4.78 is 5.44. The third-order valence-electron chi connectivity index (χ3n) is 2.72. The highest BCUT2D eigenvalue weighted by molar-refractivity contribution is 6.35. The van der Waals surface area contributed by atoms with E-state index in [1.165, 1.54) is 16.6 Å². The molecule has 0 bridgehead atoms. The van der Waals surface area contributed by atoms with Gasteiger partial charge in [-0.05, 0) is 6.07 Å². The molecule has 0 saturated heterocycles. The molecule has 0 spiro atoms. The second kappa shape index (κ2) is 3.01. The molecule has 1 aromatic heterocycles. The molecule has 3 heteroatoms. The standard InChI is InChI=1S/C11H10ClNO/c12-9-3-1-2-7-8-6-14-5-4-10(8)13-11(7)9/h1-3,13H,4-6H2. The molecule has 0 aliphatic carbocycles. The first-order valence-electron chi connectivity index (χ1n) is 4.72. The Kier molecular flexibility index (Phi) is 1.79. The van der Waals surface area contributed by atoms with Crippen molar-refractivity contribution in [2.75, 3.05) is 6.61 Å². The third-order valence-corrected chi connectivity index (χ3v) is 3.04. The van der Waals surface area contributed by atoms with Gasteiger partial charge in [0.25, 0.3) is 0 Å². The fraction of sp³-hybridized carbons (Fsp3) is 0.273. The fourth-order valence-electron chi connectivity index (χ4n) is 2.02. The van der Waals surface area contributed by atoms with Crippen molar-refractivity contribution in [1.82, 2.24) is 4.98 Å². The molecule has 1 N–H and O–H groups in total. The summed E-state index contributed by atoms with van der Waals surface area (Å²) in [5.41, 5.74) is 3.60. The summed E-state index contributed by atoms with van der Waals surface area (Å²) in [6.07, 6.45) is 0.959. The first kappa shape index (κ1) is 8.33. The van der Waals surface area contributed by atoms with Crippen LogP contribution in [0.5, 0.6) is 0 Å². The highest BCUT2D eigenvalue weighted by Gasteiger charge is 2.16. The van der Waals surface area contributed by atoms with E-state index >= 15 is 0 Å². The van der Waals surface area contributed by atoms with E-state index in [-0.39, 0.29) is 0 Å². The summed E-state index contributed by atoms with van der Waals surface area (Å²) in [5, 5.41) is 1.99. The molecule has 0 radical (unpaired) electrons. The number of rotatable bonds is 0. The number of hydrogen-bond donors (Lipinski definition) is 1. The first-order valence-corrected chi connectivity index (χ1v) is 5.10. The lowest BCUT2D eigenvalue weighted by atomic mass is 10.1. The van der Waals surface area contributed by atoms with Crippen LogP contribution in [0.15, 0.2) is 18.2 Å². The molecule has 2 nitrogen and oxygen atoms in total. The van der Waals surface area contributed by atoms with Crippen LogP contribution < -0.4 is 0 Å². The molecule has 72 valence electrons. The number of H-pyrrole nitrogens is 1. The van der Waals surface area contributed by atoms with Crippen molar-refractivity contribution in [3.8, 4) is 0 Å². The summed E-state index contributed by atoms with van der Waals surface area (Å²) in [7, 11) is 0. The van der Waals surface area contributed by atoms with Crippen molar-refractivity contribution in [2.24, 2.45) is 0 Å². The van der Waals surface area contributed by atoms with Crippen molar-refractivity contribution in [3.63, 3.8) is 0 Å². The molecule has 1 aromatic carbocycles. The molecule has 14 heavy (non-hydrogen) atoms. The maximum Gasteiger partial charge on any atom is 0.0740 e. The van der Waals surface area contributed by atoms with E-state index < -0.39 is 0 Å². The number of aromatic nitrogens is 1. The third kappa shape index (κ3) is 1.08. The van der Waals surface area contributed by atoms with Gasteiger partial charge in [0.1, 0.15) is 0 Å². The Morgan fingerprint density at radius 3 is 3.21 bits per heavy atom. The van der Waals surface area contributed by atoms with Crippen LogP contribution in [0, 0.1) is 0 Å². The van der Waals surface area contributed by atoms with E-state index in [1.807, 2.05) is 12.1 Å². The lowest BCUT2D eigenvalue weighted by molar-refractivity contribution is 0.111. The Morgan fingerprint density at radius 2 is 2.29 bits per heavy atom. The molecule has 0 atom stereocenters. The van der Waals surface area contributed by atoms with Crippen molar-refractivity contribution in [1.29, 1.82) is 0 Å². The normalized spacial score (nSPS) is 15.8. The zero-order chi connectivity index (χ0) is 9.54. The van der Waals surface area contributed by atoms with Crippen LogP contribution in [-0.4, -0.2) is 11.6 Å². The predicted molar refractivity (Wildman–Crippen MR) is 56.7 cm³/mol. The molecule has 0 amide bonds. The Balaban J connectivity index is 2.36. The van der Waals surface area contributed by atoms with Crippen LogP contribution in [0.4, 0.5) is 0 Å². The van der Waals surface area contributed by atoms with Gasteiger partial charge in [0, 0.05) is 23.1 Å². The molecule has 0 unspecified atom stereocenters. The minimum atomic E-state index is 0.704. The van der Waals surface area contributed by atoms with Gasteiger partial charge >= 0.3 is 0 Å². The lowest BCUT2D eigenvalue weighted by Gasteiger charge is -2.11. The van der Waals surface area contributed by atoms with Gasteiger partial charge < -0.3 is 9.72 Å². The zero-order valence-electron chi connectivity index (χ0n) is 7.64. The van der Waals surface area contributed by atoms with Gasteiger partial charge in [-0.3, -0.25) is 0 Å². The van der Waals surface area contributed by atoms with Gasteiger partial charge in [0.05, 0.1) is 23.8 Å². The monoisotopic (exact) mass is 207 g/mol. The Bertz CT molecular complexity index is 489. The summed E-state index contributed by atoms with van der Waals surface area (Å²) in [4.78, 5) is 3.37. The largest absolute Gasteiger partial charge is 0.376 e. The molecule has 2 aromatic rings. The Morgan fingerprint density at radius 1 is 1.36 bits per heavy atom. The van der Waals surface area contributed by atoms with Crippen molar-refractivity contribution in [2.45, 2.75) is 13.0 Å². The number of aromatic amines is 1. The van der Waals surface area contributed by atoms with E-state index in [4.69, 9.17) is 16.3 Å². The van der Waals surface area contributed by atoms with Crippen LogP contribution >= 0.6 is 11.6 Å².